The number of nitrogen functional groups attached to an aromatic ring is 2. The third kappa shape index (κ3) is 3.71. The molecule has 0 bridgehead atoms. The van der Waals surface area contributed by atoms with Gasteiger partial charge in [0, 0.05) is 13.1 Å². The number of aromatic nitrogens is 2. The maximum absolute atomic E-state index is 6.32. The molecule has 0 saturated carbocycles. The Morgan fingerprint density at radius 1 is 0.893 bits per heavy atom. The van der Waals surface area contributed by atoms with Crippen LogP contribution in [0.25, 0.3) is 0 Å². The van der Waals surface area contributed by atoms with E-state index in [-0.39, 0.29) is 0 Å². The lowest BCUT2D eigenvalue weighted by Crippen LogP contribution is -2.55. The zero-order valence-corrected chi connectivity index (χ0v) is 17.1. The Morgan fingerprint density at radius 3 is 2.00 bits per heavy atom. The summed E-state index contributed by atoms with van der Waals surface area (Å²) in [6.45, 7) is 4.24. The summed E-state index contributed by atoms with van der Waals surface area (Å²) in [5.74, 6) is 0.736. The summed E-state index contributed by atoms with van der Waals surface area (Å²) in [4.78, 5) is 6.59. The van der Waals surface area contributed by atoms with E-state index in [2.05, 4.69) is 31.0 Å². The van der Waals surface area contributed by atoms with Crippen molar-refractivity contribution in [2.75, 3.05) is 35.5 Å². The molecule has 4 N–H and O–H groups in total. The van der Waals surface area contributed by atoms with Crippen LogP contribution in [0.15, 0.2) is 54.9 Å². The molecule has 0 aliphatic heterocycles. The number of rotatable bonds is 6. The number of nitrogens with two attached hydrogens (primary N) is 2. The number of hydrogen-bond donors (Lipinski definition) is 2. The van der Waals surface area contributed by atoms with E-state index in [1.807, 2.05) is 65.2 Å². The molecule has 0 radical (unpaired) electrons. The van der Waals surface area contributed by atoms with Crippen LogP contribution in [0.3, 0.4) is 0 Å². The highest BCUT2D eigenvalue weighted by atomic mass is 15.6. The van der Waals surface area contributed by atoms with E-state index in [0.29, 0.717) is 0 Å². The van der Waals surface area contributed by atoms with Crippen molar-refractivity contribution in [3.05, 3.63) is 66.0 Å². The number of hydrogen-bond acceptors (Lipinski definition) is 5. The lowest BCUT2D eigenvalue weighted by molar-refractivity contribution is -0.671. The topological polar surface area (TPSA) is 75.3 Å². The highest BCUT2D eigenvalue weighted by Crippen LogP contribution is 2.28. The zero-order chi connectivity index (χ0) is 20.3. The Morgan fingerprint density at radius 2 is 1.46 bits per heavy atom. The Balaban J connectivity index is 2.01. The number of anilines is 5. The van der Waals surface area contributed by atoms with E-state index >= 15 is 0 Å². The van der Waals surface area contributed by atoms with Gasteiger partial charge in [0.2, 0.25) is 0 Å². The van der Waals surface area contributed by atoms with Crippen molar-refractivity contribution < 1.29 is 4.68 Å². The van der Waals surface area contributed by atoms with Gasteiger partial charge in [-0.05, 0) is 48.2 Å². The average Bonchev–Trinajstić information content (AvgIpc) is 2.72. The first kappa shape index (κ1) is 19.5. The average molecular weight is 378 g/mol. The van der Waals surface area contributed by atoms with Gasteiger partial charge in [0.1, 0.15) is 11.9 Å². The molecule has 0 fully saturated rings. The Bertz CT molecular complexity index is 890. The number of nitrogens with zero attached hydrogens (tertiary/aromatic N) is 4. The highest BCUT2D eigenvalue weighted by Gasteiger charge is 2.24. The van der Waals surface area contributed by atoms with E-state index in [1.165, 1.54) is 11.1 Å². The van der Waals surface area contributed by atoms with Gasteiger partial charge in [-0.2, -0.15) is 0 Å². The third-order valence-electron chi connectivity index (χ3n) is 5.04. The van der Waals surface area contributed by atoms with Gasteiger partial charge in [-0.15, -0.1) is 4.68 Å². The van der Waals surface area contributed by atoms with Crippen molar-refractivity contribution in [3.8, 4) is 0 Å². The predicted octanol–water partition coefficient (Wildman–Crippen LogP) is 3.33. The van der Waals surface area contributed by atoms with Crippen LogP contribution in [0.5, 0.6) is 0 Å². The van der Waals surface area contributed by atoms with E-state index in [9.17, 15) is 0 Å². The van der Waals surface area contributed by atoms with Gasteiger partial charge in [-0.3, -0.25) is 0 Å². The molecule has 3 aromatic rings. The molecule has 0 atom stereocenters. The van der Waals surface area contributed by atoms with Crippen LogP contribution < -0.4 is 26.1 Å². The summed E-state index contributed by atoms with van der Waals surface area (Å²) < 4.78 is 1.96. The molecule has 1 aromatic heterocycles. The SMILES string of the molecule is CCc1ccc(N(C)c2nccc[n+]2N(C)c2ccc(CC)cc2N)c(N)c1. The summed E-state index contributed by atoms with van der Waals surface area (Å²) >= 11 is 0. The minimum absolute atomic E-state index is 0.730. The summed E-state index contributed by atoms with van der Waals surface area (Å²) in [5, 5.41) is 1.99. The van der Waals surface area contributed by atoms with E-state index < -0.39 is 0 Å². The molecular weight excluding hydrogens is 348 g/mol. The predicted molar refractivity (Wildman–Crippen MR) is 117 cm³/mol. The molecule has 1 heterocycles. The minimum Gasteiger partial charge on any atom is -0.397 e. The number of aryl methyl sites for hydroxylation is 2. The fourth-order valence-corrected chi connectivity index (χ4v) is 3.30. The summed E-state index contributed by atoms with van der Waals surface area (Å²) in [6, 6.07) is 14.2. The van der Waals surface area contributed by atoms with Gasteiger partial charge in [-0.25, -0.2) is 9.91 Å². The quantitative estimate of drug-likeness (QED) is 0.509. The Kier molecular flexibility index (Phi) is 5.68. The molecule has 0 aliphatic rings. The first-order valence-corrected chi connectivity index (χ1v) is 9.57. The molecule has 0 aliphatic carbocycles. The van der Waals surface area contributed by atoms with Gasteiger partial charge in [0.25, 0.3) is 0 Å². The highest BCUT2D eigenvalue weighted by molar-refractivity contribution is 5.72. The minimum atomic E-state index is 0.730. The van der Waals surface area contributed by atoms with Crippen molar-refractivity contribution >= 4 is 28.7 Å². The van der Waals surface area contributed by atoms with Crippen molar-refractivity contribution in [1.29, 1.82) is 0 Å². The molecule has 28 heavy (non-hydrogen) atoms. The lowest BCUT2D eigenvalue weighted by Gasteiger charge is -2.24. The largest absolute Gasteiger partial charge is 0.421 e. The van der Waals surface area contributed by atoms with Crippen molar-refractivity contribution in [1.82, 2.24) is 4.98 Å². The Hall–Kier alpha value is -3.28. The maximum Gasteiger partial charge on any atom is 0.421 e. The van der Waals surface area contributed by atoms with Gasteiger partial charge >= 0.3 is 5.95 Å². The zero-order valence-electron chi connectivity index (χ0n) is 17.1. The summed E-state index contributed by atoms with van der Waals surface area (Å²) in [7, 11) is 3.94. The van der Waals surface area contributed by atoms with E-state index in [0.717, 1.165) is 41.5 Å². The monoisotopic (exact) mass is 377 g/mol. The van der Waals surface area contributed by atoms with E-state index in [4.69, 9.17) is 11.5 Å². The normalized spacial score (nSPS) is 10.7. The Labute approximate surface area is 167 Å². The van der Waals surface area contributed by atoms with Crippen molar-refractivity contribution in [2.24, 2.45) is 0 Å². The second-order valence-electron chi connectivity index (χ2n) is 6.84. The lowest BCUT2D eigenvalue weighted by atomic mass is 10.1. The molecule has 0 spiro atoms. The molecule has 6 nitrogen and oxygen atoms in total. The van der Waals surface area contributed by atoms with Crippen LogP contribution >= 0.6 is 0 Å². The first-order valence-electron chi connectivity index (χ1n) is 9.57. The molecule has 3 rings (SSSR count). The standard InChI is InChI=1S/C22H29N6/c1-5-16-8-10-20(18(23)14-16)26(3)22-25-12-7-13-28(22)27(4)21-11-9-17(6-2)15-19(21)24/h7-15H,5-6,23-24H2,1-4H3/q+1. The van der Waals surface area contributed by atoms with Crippen LogP contribution in [0.1, 0.15) is 25.0 Å². The second-order valence-corrected chi connectivity index (χ2v) is 6.84. The van der Waals surface area contributed by atoms with Gasteiger partial charge in [-0.1, -0.05) is 31.0 Å². The van der Waals surface area contributed by atoms with E-state index in [1.54, 1.807) is 6.20 Å². The third-order valence-corrected chi connectivity index (χ3v) is 5.04. The van der Waals surface area contributed by atoms with Crippen LogP contribution in [0, 0.1) is 0 Å². The molecule has 146 valence electrons. The summed E-state index contributed by atoms with van der Waals surface area (Å²) in [5.41, 5.74) is 18.4. The molecule has 2 aromatic carbocycles. The fraction of sp³-hybridized carbons (Fsp3) is 0.273. The second kappa shape index (κ2) is 8.17. The van der Waals surface area contributed by atoms with Crippen LogP contribution in [-0.4, -0.2) is 19.1 Å². The molecular formula is C22H29N6+. The van der Waals surface area contributed by atoms with Crippen LogP contribution in [0.4, 0.5) is 28.7 Å². The van der Waals surface area contributed by atoms with Crippen molar-refractivity contribution in [2.45, 2.75) is 26.7 Å². The van der Waals surface area contributed by atoms with Gasteiger partial charge < -0.3 is 11.5 Å². The molecule has 0 amide bonds. The van der Waals surface area contributed by atoms with Crippen molar-refractivity contribution in [3.63, 3.8) is 0 Å². The molecule has 6 heteroatoms. The fourth-order valence-electron chi connectivity index (χ4n) is 3.30. The first-order chi connectivity index (χ1) is 13.5. The number of benzene rings is 2. The van der Waals surface area contributed by atoms with Gasteiger partial charge in [0.15, 0.2) is 0 Å². The molecule has 0 unspecified atom stereocenters. The molecule has 0 saturated heterocycles. The summed E-state index contributed by atoms with van der Waals surface area (Å²) in [6.07, 6.45) is 5.64. The smallest absolute Gasteiger partial charge is 0.397 e. The van der Waals surface area contributed by atoms with Crippen LogP contribution in [0.2, 0.25) is 0 Å². The maximum atomic E-state index is 6.32. The van der Waals surface area contributed by atoms with Crippen LogP contribution in [-0.2, 0) is 12.8 Å². The van der Waals surface area contributed by atoms with Gasteiger partial charge in [0.05, 0.1) is 30.3 Å².